The first-order valence-corrected chi connectivity index (χ1v) is 12.1. The standard InChI is InChI=1S/C17H26ClSe/c1-13(2)12-16(19(3)4)17(10-5-11-17)14-6-8-15(18)9-7-14/h6-9,13,16H,5,10-12H2,1-4H3/q+1/t16-/m1/s1. The molecule has 1 saturated carbocycles. The van der Waals surface area contributed by atoms with Gasteiger partial charge >= 0.3 is 128 Å². The van der Waals surface area contributed by atoms with Crippen molar-refractivity contribution in [3.8, 4) is 0 Å². The molecule has 0 bridgehead atoms. The van der Waals surface area contributed by atoms with Crippen molar-refractivity contribution in [1.82, 2.24) is 0 Å². The summed E-state index contributed by atoms with van der Waals surface area (Å²) in [4.78, 5) is 0.919. The molecule has 1 fully saturated rings. The van der Waals surface area contributed by atoms with Gasteiger partial charge in [-0.1, -0.05) is 0 Å². The summed E-state index contributed by atoms with van der Waals surface area (Å²) in [5, 5.41) is 0.860. The van der Waals surface area contributed by atoms with E-state index in [4.69, 9.17) is 11.6 Å². The van der Waals surface area contributed by atoms with E-state index < -0.39 is 13.9 Å². The van der Waals surface area contributed by atoms with E-state index in [1.807, 2.05) is 0 Å². The molecule has 0 aromatic heterocycles. The molecule has 1 aromatic rings. The van der Waals surface area contributed by atoms with Crippen LogP contribution in [0.25, 0.3) is 0 Å². The summed E-state index contributed by atoms with van der Waals surface area (Å²) in [6.45, 7) is 4.74. The Hall–Kier alpha value is 0.0295. The average molecular weight is 345 g/mol. The van der Waals surface area contributed by atoms with Gasteiger partial charge in [0, 0.05) is 0 Å². The van der Waals surface area contributed by atoms with Crippen molar-refractivity contribution >= 4 is 25.5 Å². The van der Waals surface area contributed by atoms with Crippen molar-refractivity contribution in [3.05, 3.63) is 34.9 Å². The quantitative estimate of drug-likeness (QED) is 0.580. The first-order chi connectivity index (χ1) is 8.95. The van der Waals surface area contributed by atoms with Gasteiger partial charge in [-0.15, -0.1) is 0 Å². The molecule has 0 nitrogen and oxygen atoms in total. The second-order valence-corrected chi connectivity index (χ2v) is 11.8. The Labute approximate surface area is 127 Å². The number of hydrogen-bond donors (Lipinski definition) is 0. The van der Waals surface area contributed by atoms with Crippen LogP contribution in [0, 0.1) is 5.92 Å². The zero-order valence-corrected chi connectivity index (χ0v) is 15.0. The monoisotopic (exact) mass is 345 g/mol. The van der Waals surface area contributed by atoms with Crippen molar-refractivity contribution in [1.29, 1.82) is 0 Å². The Bertz CT molecular complexity index is 404. The van der Waals surface area contributed by atoms with Gasteiger partial charge in [-0.3, -0.25) is 0 Å². The summed E-state index contributed by atoms with van der Waals surface area (Å²) < 4.78 is 0. The minimum absolute atomic E-state index is 0.475. The third-order valence-corrected chi connectivity index (χ3v) is 8.53. The van der Waals surface area contributed by atoms with E-state index in [9.17, 15) is 0 Å². The number of benzene rings is 1. The summed E-state index contributed by atoms with van der Waals surface area (Å²) in [6.07, 6.45) is 5.55. The van der Waals surface area contributed by atoms with E-state index in [2.05, 4.69) is 49.8 Å². The SMILES string of the molecule is CC(C)C[C@@H]([Se+](C)C)C1(c2ccc(Cl)cc2)CCC1. The maximum absolute atomic E-state index is 6.06. The molecule has 0 heterocycles. The van der Waals surface area contributed by atoms with Crippen LogP contribution >= 0.6 is 11.6 Å². The molecule has 1 aliphatic rings. The normalized spacial score (nSPS) is 19.5. The molecule has 0 unspecified atom stereocenters. The Morgan fingerprint density at radius 3 is 2.11 bits per heavy atom. The Kier molecular flexibility index (Phi) is 5.04. The first-order valence-electron chi connectivity index (χ1n) is 7.28. The van der Waals surface area contributed by atoms with Crippen LogP contribution in [0.4, 0.5) is 0 Å². The second-order valence-electron chi connectivity index (χ2n) is 6.51. The fourth-order valence-electron chi connectivity index (χ4n) is 3.43. The summed E-state index contributed by atoms with van der Waals surface area (Å²) in [5.41, 5.74) is 2.02. The molecule has 0 N–H and O–H groups in total. The summed E-state index contributed by atoms with van der Waals surface area (Å²) in [5.74, 6) is 5.84. The number of halogens is 1. The minimum atomic E-state index is -0.508. The predicted molar refractivity (Wildman–Crippen MR) is 87.7 cm³/mol. The molecule has 19 heavy (non-hydrogen) atoms. The van der Waals surface area contributed by atoms with Crippen molar-refractivity contribution in [3.63, 3.8) is 0 Å². The zero-order valence-electron chi connectivity index (χ0n) is 12.6. The summed E-state index contributed by atoms with van der Waals surface area (Å²) in [6, 6.07) is 8.71. The van der Waals surface area contributed by atoms with Gasteiger partial charge in [0.2, 0.25) is 0 Å². The van der Waals surface area contributed by atoms with Crippen molar-refractivity contribution < 1.29 is 0 Å². The zero-order chi connectivity index (χ0) is 14.0. The predicted octanol–water partition coefficient (Wildman–Crippen LogP) is 5.93. The fourth-order valence-corrected chi connectivity index (χ4v) is 7.85. The van der Waals surface area contributed by atoms with Gasteiger partial charge in [0.1, 0.15) is 0 Å². The van der Waals surface area contributed by atoms with Crippen LogP contribution in [0.15, 0.2) is 24.3 Å². The van der Waals surface area contributed by atoms with Crippen LogP contribution in [0.1, 0.15) is 45.1 Å². The van der Waals surface area contributed by atoms with Crippen LogP contribution in [0.2, 0.25) is 21.5 Å². The average Bonchev–Trinajstić information content (AvgIpc) is 2.28. The Morgan fingerprint density at radius 2 is 1.74 bits per heavy atom. The molecule has 0 amide bonds. The van der Waals surface area contributed by atoms with Crippen molar-refractivity contribution in [2.45, 2.75) is 61.4 Å². The number of hydrogen-bond acceptors (Lipinski definition) is 0. The van der Waals surface area contributed by atoms with Crippen LogP contribution in [-0.2, 0) is 5.41 Å². The molecule has 0 spiro atoms. The van der Waals surface area contributed by atoms with E-state index in [0.29, 0.717) is 5.41 Å². The maximum atomic E-state index is 6.06. The van der Waals surface area contributed by atoms with Gasteiger partial charge in [-0.2, -0.15) is 0 Å². The van der Waals surface area contributed by atoms with Crippen LogP contribution < -0.4 is 0 Å². The molecule has 106 valence electrons. The van der Waals surface area contributed by atoms with Gasteiger partial charge in [0.05, 0.1) is 0 Å². The van der Waals surface area contributed by atoms with E-state index in [0.717, 1.165) is 15.8 Å². The Morgan fingerprint density at radius 1 is 1.16 bits per heavy atom. The van der Waals surface area contributed by atoms with Crippen molar-refractivity contribution in [2.24, 2.45) is 5.92 Å². The molecule has 0 aliphatic heterocycles. The molecule has 1 aliphatic carbocycles. The third kappa shape index (κ3) is 3.20. The summed E-state index contributed by atoms with van der Waals surface area (Å²) >= 11 is 5.55. The molecule has 0 radical (unpaired) electrons. The van der Waals surface area contributed by atoms with Crippen LogP contribution in [-0.4, -0.2) is 13.9 Å². The van der Waals surface area contributed by atoms with Gasteiger partial charge in [0.15, 0.2) is 0 Å². The topological polar surface area (TPSA) is 0 Å². The van der Waals surface area contributed by atoms with E-state index in [-0.39, 0.29) is 0 Å². The van der Waals surface area contributed by atoms with Crippen LogP contribution in [0.3, 0.4) is 0 Å². The molecular weight excluding hydrogens is 319 g/mol. The van der Waals surface area contributed by atoms with E-state index in [1.54, 1.807) is 5.56 Å². The fraction of sp³-hybridized carbons (Fsp3) is 0.647. The third-order valence-electron chi connectivity index (χ3n) is 4.54. The molecule has 1 atom stereocenters. The Balaban J connectivity index is 2.31. The second kappa shape index (κ2) is 6.20. The van der Waals surface area contributed by atoms with Crippen LogP contribution in [0.5, 0.6) is 0 Å². The molecule has 1 aromatic carbocycles. The van der Waals surface area contributed by atoms with Gasteiger partial charge in [-0.05, 0) is 0 Å². The van der Waals surface area contributed by atoms with Gasteiger partial charge < -0.3 is 0 Å². The van der Waals surface area contributed by atoms with Gasteiger partial charge in [-0.25, -0.2) is 0 Å². The van der Waals surface area contributed by atoms with Crippen molar-refractivity contribution in [2.75, 3.05) is 0 Å². The first kappa shape index (κ1) is 15.4. The molecular formula is C17H26ClSe+. The molecule has 0 saturated heterocycles. The summed E-state index contributed by atoms with van der Waals surface area (Å²) in [7, 11) is 0. The van der Waals surface area contributed by atoms with E-state index >= 15 is 0 Å². The number of rotatable bonds is 5. The molecule has 2 heteroatoms. The van der Waals surface area contributed by atoms with E-state index in [1.165, 1.54) is 25.7 Å². The molecule has 2 rings (SSSR count). The van der Waals surface area contributed by atoms with Gasteiger partial charge in [0.25, 0.3) is 0 Å².